The van der Waals surface area contributed by atoms with Gasteiger partial charge in [-0.3, -0.25) is 4.90 Å². The maximum Gasteiger partial charge on any atom is 0.179 e. The number of hydrogen-bond donors (Lipinski definition) is 1. The van der Waals surface area contributed by atoms with E-state index in [1.54, 1.807) is 14.2 Å². The summed E-state index contributed by atoms with van der Waals surface area (Å²) in [6.07, 6.45) is 2.88. The number of methoxy groups -OCH3 is 2. The highest BCUT2D eigenvalue weighted by molar-refractivity contribution is 6.33. The maximum atomic E-state index is 10.1. The summed E-state index contributed by atoms with van der Waals surface area (Å²) in [7, 11) is 3.22. The van der Waals surface area contributed by atoms with Crippen molar-refractivity contribution in [3.8, 4) is 11.5 Å². The number of aliphatic hydroxyl groups is 1. The molecule has 0 unspecified atom stereocenters. The zero-order valence-corrected chi connectivity index (χ0v) is 16.8. The first-order valence-electron chi connectivity index (χ1n) is 9.37. The number of ether oxygens (including phenoxy) is 2. The van der Waals surface area contributed by atoms with E-state index in [1.165, 1.54) is 5.56 Å². The van der Waals surface area contributed by atoms with Crippen LogP contribution in [0.15, 0.2) is 42.5 Å². The quantitative estimate of drug-likeness (QED) is 0.771. The minimum atomic E-state index is -0.0285. The molecule has 1 aliphatic rings. The van der Waals surface area contributed by atoms with Gasteiger partial charge >= 0.3 is 0 Å². The zero-order valence-electron chi connectivity index (χ0n) is 16.1. The van der Waals surface area contributed by atoms with Crippen LogP contribution in [-0.4, -0.2) is 43.9 Å². The number of likely N-dealkylation sites (tertiary alicyclic amines) is 1. The van der Waals surface area contributed by atoms with Crippen molar-refractivity contribution in [2.24, 2.45) is 5.41 Å². The van der Waals surface area contributed by atoms with Gasteiger partial charge in [0.05, 0.1) is 19.2 Å². The topological polar surface area (TPSA) is 41.9 Å². The monoisotopic (exact) mass is 389 g/mol. The molecule has 0 spiro atoms. The van der Waals surface area contributed by atoms with Crippen LogP contribution in [0.3, 0.4) is 0 Å². The van der Waals surface area contributed by atoms with Gasteiger partial charge in [-0.1, -0.05) is 48.0 Å². The van der Waals surface area contributed by atoms with Crippen LogP contribution >= 0.6 is 11.6 Å². The Morgan fingerprint density at radius 2 is 1.74 bits per heavy atom. The molecule has 0 bridgehead atoms. The van der Waals surface area contributed by atoms with E-state index in [-0.39, 0.29) is 12.0 Å². The van der Waals surface area contributed by atoms with E-state index in [0.717, 1.165) is 44.5 Å². The van der Waals surface area contributed by atoms with Gasteiger partial charge in [0.2, 0.25) is 0 Å². The first-order chi connectivity index (χ1) is 13.1. The van der Waals surface area contributed by atoms with Crippen LogP contribution in [0.2, 0.25) is 5.02 Å². The van der Waals surface area contributed by atoms with Crippen molar-refractivity contribution in [2.45, 2.75) is 25.8 Å². The molecule has 0 radical (unpaired) electrons. The van der Waals surface area contributed by atoms with E-state index >= 15 is 0 Å². The highest BCUT2D eigenvalue weighted by Crippen LogP contribution is 2.39. The third kappa shape index (κ3) is 4.57. The number of aliphatic hydroxyl groups excluding tert-OH is 1. The molecule has 4 nitrogen and oxygen atoms in total. The molecular formula is C22H28ClNO3. The molecule has 1 saturated heterocycles. The van der Waals surface area contributed by atoms with Crippen molar-refractivity contribution in [2.75, 3.05) is 33.9 Å². The normalized spacial score (nSPS) is 16.9. The standard InChI is InChI=1S/C22H28ClNO3/c1-26-19-9-8-18(20(23)21(19)27-2)15-24-12-10-22(16-25,11-13-24)14-17-6-4-3-5-7-17/h3-9,25H,10-16H2,1-2H3. The molecule has 1 aliphatic heterocycles. The van der Waals surface area contributed by atoms with Gasteiger partial charge in [-0.25, -0.2) is 0 Å². The lowest BCUT2D eigenvalue weighted by atomic mass is 9.74. The van der Waals surface area contributed by atoms with Crippen molar-refractivity contribution in [3.63, 3.8) is 0 Å². The summed E-state index contributed by atoms with van der Waals surface area (Å²) in [5.41, 5.74) is 2.30. The number of benzene rings is 2. The second-order valence-electron chi connectivity index (χ2n) is 7.37. The third-order valence-corrected chi connectivity index (χ3v) is 6.05. The molecule has 0 saturated carbocycles. The molecule has 0 amide bonds. The lowest BCUT2D eigenvalue weighted by Gasteiger charge is -2.41. The smallest absolute Gasteiger partial charge is 0.179 e. The lowest BCUT2D eigenvalue weighted by Crippen LogP contribution is -2.42. The molecule has 2 aromatic rings. The molecule has 0 aromatic heterocycles. The molecule has 3 rings (SSSR count). The average molecular weight is 390 g/mol. The van der Waals surface area contributed by atoms with Crippen LogP contribution in [0.25, 0.3) is 0 Å². The Labute approximate surface area is 166 Å². The molecule has 146 valence electrons. The van der Waals surface area contributed by atoms with Crippen LogP contribution in [0.1, 0.15) is 24.0 Å². The average Bonchev–Trinajstić information content (AvgIpc) is 2.71. The van der Waals surface area contributed by atoms with E-state index in [2.05, 4.69) is 29.2 Å². The van der Waals surface area contributed by atoms with E-state index in [1.807, 2.05) is 18.2 Å². The fourth-order valence-corrected chi connectivity index (χ4v) is 4.19. The molecule has 1 heterocycles. The largest absolute Gasteiger partial charge is 0.493 e. The zero-order chi connectivity index (χ0) is 19.3. The van der Waals surface area contributed by atoms with E-state index < -0.39 is 0 Å². The summed E-state index contributed by atoms with van der Waals surface area (Å²) in [6.45, 7) is 2.88. The van der Waals surface area contributed by atoms with Gasteiger partial charge in [-0.15, -0.1) is 0 Å². The molecule has 1 N–H and O–H groups in total. The molecule has 0 atom stereocenters. The van der Waals surface area contributed by atoms with E-state index in [9.17, 15) is 5.11 Å². The summed E-state index contributed by atoms with van der Waals surface area (Å²) in [5.74, 6) is 1.23. The molecule has 5 heteroatoms. The van der Waals surface area contributed by atoms with Crippen LogP contribution in [0.4, 0.5) is 0 Å². The van der Waals surface area contributed by atoms with Gasteiger partial charge in [0, 0.05) is 13.2 Å². The van der Waals surface area contributed by atoms with E-state index in [4.69, 9.17) is 21.1 Å². The third-order valence-electron chi connectivity index (χ3n) is 5.63. The molecule has 1 fully saturated rings. The minimum absolute atomic E-state index is 0.0285. The Balaban J connectivity index is 1.65. The molecule has 27 heavy (non-hydrogen) atoms. The Morgan fingerprint density at radius 1 is 1.04 bits per heavy atom. The second-order valence-corrected chi connectivity index (χ2v) is 7.75. The highest BCUT2D eigenvalue weighted by atomic mass is 35.5. The molecule has 2 aromatic carbocycles. The second kappa shape index (κ2) is 8.96. The maximum absolute atomic E-state index is 10.1. The number of halogens is 1. The van der Waals surface area contributed by atoms with Gasteiger partial charge in [0.15, 0.2) is 11.5 Å². The van der Waals surface area contributed by atoms with Gasteiger partial charge in [0.1, 0.15) is 0 Å². The summed E-state index contributed by atoms with van der Waals surface area (Å²) in [5, 5.41) is 10.7. The summed E-state index contributed by atoms with van der Waals surface area (Å²) < 4.78 is 10.7. The molecular weight excluding hydrogens is 362 g/mol. The van der Waals surface area contributed by atoms with Crippen molar-refractivity contribution >= 4 is 11.6 Å². The van der Waals surface area contributed by atoms with Gasteiger partial charge < -0.3 is 14.6 Å². The first kappa shape index (κ1) is 20.0. The lowest BCUT2D eigenvalue weighted by molar-refractivity contribution is 0.0413. The van der Waals surface area contributed by atoms with Gasteiger partial charge in [0.25, 0.3) is 0 Å². The van der Waals surface area contributed by atoms with E-state index in [0.29, 0.717) is 16.5 Å². The van der Waals surface area contributed by atoms with Crippen molar-refractivity contribution < 1.29 is 14.6 Å². The Bertz CT molecular complexity index is 743. The van der Waals surface area contributed by atoms with Gasteiger partial charge in [-0.2, -0.15) is 0 Å². The van der Waals surface area contributed by atoms with Crippen molar-refractivity contribution in [1.29, 1.82) is 0 Å². The highest BCUT2D eigenvalue weighted by Gasteiger charge is 2.34. The number of rotatable bonds is 7. The predicted molar refractivity (Wildman–Crippen MR) is 109 cm³/mol. The van der Waals surface area contributed by atoms with Crippen LogP contribution in [0, 0.1) is 5.41 Å². The molecule has 0 aliphatic carbocycles. The van der Waals surface area contributed by atoms with Crippen LogP contribution < -0.4 is 9.47 Å². The predicted octanol–water partition coefficient (Wildman–Crippen LogP) is 4.17. The van der Waals surface area contributed by atoms with Crippen LogP contribution in [-0.2, 0) is 13.0 Å². The Kier molecular flexibility index (Phi) is 6.64. The minimum Gasteiger partial charge on any atom is -0.493 e. The summed E-state index contributed by atoms with van der Waals surface area (Å²) in [6, 6.07) is 14.4. The van der Waals surface area contributed by atoms with Crippen LogP contribution in [0.5, 0.6) is 11.5 Å². The fourth-order valence-electron chi connectivity index (χ4n) is 3.90. The summed E-state index contributed by atoms with van der Waals surface area (Å²) >= 11 is 6.53. The Morgan fingerprint density at radius 3 is 2.33 bits per heavy atom. The number of piperidine rings is 1. The SMILES string of the molecule is COc1ccc(CN2CCC(CO)(Cc3ccccc3)CC2)c(Cl)c1OC. The van der Waals surface area contributed by atoms with Crippen molar-refractivity contribution in [3.05, 3.63) is 58.6 Å². The van der Waals surface area contributed by atoms with Crippen molar-refractivity contribution in [1.82, 2.24) is 4.90 Å². The number of nitrogens with zero attached hydrogens (tertiary/aromatic N) is 1. The first-order valence-corrected chi connectivity index (χ1v) is 9.75. The summed E-state index contributed by atoms with van der Waals surface area (Å²) in [4.78, 5) is 2.39. The fraction of sp³-hybridized carbons (Fsp3) is 0.455. The number of hydrogen-bond acceptors (Lipinski definition) is 4. The Hall–Kier alpha value is -1.75. The van der Waals surface area contributed by atoms with Gasteiger partial charge in [-0.05, 0) is 55.0 Å².